The highest BCUT2D eigenvalue weighted by Crippen LogP contribution is 1.96. The van der Waals surface area contributed by atoms with E-state index in [0.717, 1.165) is 0 Å². The first-order valence-electron chi connectivity index (χ1n) is 2.37. The molecule has 0 radical (unpaired) electrons. The maximum atomic E-state index is 8.69. The van der Waals surface area contributed by atoms with Gasteiger partial charge in [-0.15, -0.1) is 12.4 Å². The van der Waals surface area contributed by atoms with Gasteiger partial charge in [-0.1, -0.05) is 0 Å². The molecule has 2 atom stereocenters. The summed E-state index contributed by atoms with van der Waals surface area (Å²) in [4.78, 5) is 0. The lowest BCUT2D eigenvalue weighted by molar-refractivity contribution is 0.0572. The average Bonchev–Trinajstić information content (AvgIpc) is 1.91. The van der Waals surface area contributed by atoms with Crippen molar-refractivity contribution in [1.29, 1.82) is 0 Å². The van der Waals surface area contributed by atoms with Crippen LogP contribution in [0.15, 0.2) is 0 Å². The minimum Gasteiger partial charge on any atom is -0.389 e. The maximum Gasteiger partial charge on any atom is 0.0935 e. The molecule has 0 bridgehead atoms. The Bertz CT molecular complexity index is 63.1. The molecule has 8 heavy (non-hydrogen) atoms. The lowest BCUT2D eigenvalue weighted by Crippen LogP contribution is -2.22. The molecule has 0 spiro atoms. The first-order chi connectivity index (χ1) is 3.30. The van der Waals surface area contributed by atoms with Crippen molar-refractivity contribution in [2.75, 3.05) is 13.1 Å². The number of β-amino-alcohol motifs (C(OH)–C–C–N with tert-alkyl or cyclic N) is 2. The largest absolute Gasteiger partial charge is 0.389 e. The third kappa shape index (κ3) is 1.59. The third-order valence-electron chi connectivity index (χ3n) is 1.15. The lowest BCUT2D eigenvalue weighted by Gasteiger charge is -2.01. The van der Waals surface area contributed by atoms with Crippen molar-refractivity contribution in [3.8, 4) is 0 Å². The first kappa shape index (κ1) is 8.17. The molecule has 3 nitrogen and oxygen atoms in total. The van der Waals surface area contributed by atoms with Crippen molar-refractivity contribution in [2.24, 2.45) is 0 Å². The van der Waals surface area contributed by atoms with Gasteiger partial charge in [-0.25, -0.2) is 0 Å². The molecule has 1 rings (SSSR count). The Morgan fingerprint density at radius 1 is 1.12 bits per heavy atom. The van der Waals surface area contributed by atoms with E-state index in [2.05, 4.69) is 5.32 Å². The summed E-state index contributed by atoms with van der Waals surface area (Å²) in [5, 5.41) is 20.2. The zero-order valence-corrected chi connectivity index (χ0v) is 5.19. The van der Waals surface area contributed by atoms with E-state index in [1.165, 1.54) is 0 Å². The summed E-state index contributed by atoms with van der Waals surface area (Å²) in [6.45, 7) is 1.06. The van der Waals surface area contributed by atoms with Crippen LogP contribution in [0.4, 0.5) is 0 Å². The van der Waals surface area contributed by atoms with E-state index in [1.54, 1.807) is 0 Å². The Morgan fingerprint density at radius 3 is 1.62 bits per heavy atom. The summed E-state index contributed by atoms with van der Waals surface area (Å²) in [6.07, 6.45) is -1.08. The van der Waals surface area contributed by atoms with E-state index in [1.807, 2.05) is 0 Å². The summed E-state index contributed by atoms with van der Waals surface area (Å²) in [7, 11) is 0. The highest BCUT2D eigenvalue weighted by molar-refractivity contribution is 5.85. The normalized spacial score (nSPS) is 36.8. The number of hydrogen-bond acceptors (Lipinski definition) is 3. The second-order valence-corrected chi connectivity index (χ2v) is 1.79. The number of aliphatic hydroxyl groups excluding tert-OH is 2. The summed E-state index contributed by atoms with van der Waals surface area (Å²) >= 11 is 0. The first-order valence-corrected chi connectivity index (χ1v) is 2.37. The molecule has 0 aromatic rings. The molecule has 1 saturated heterocycles. The van der Waals surface area contributed by atoms with Crippen LogP contribution < -0.4 is 5.32 Å². The predicted octanol–water partition coefficient (Wildman–Crippen LogP) is -1.27. The second-order valence-electron chi connectivity index (χ2n) is 1.79. The molecule has 0 aliphatic carbocycles. The summed E-state index contributed by atoms with van der Waals surface area (Å²) < 4.78 is 0. The highest BCUT2D eigenvalue weighted by Gasteiger charge is 2.21. The Kier molecular flexibility index (Phi) is 3.31. The number of nitrogens with one attached hydrogen (secondary N) is 1. The molecule has 1 heterocycles. The zero-order chi connectivity index (χ0) is 5.28. The number of aliphatic hydroxyl groups is 2. The van der Waals surface area contributed by atoms with Crippen LogP contribution in [-0.2, 0) is 0 Å². The van der Waals surface area contributed by atoms with Crippen LogP contribution in [-0.4, -0.2) is 35.5 Å². The van der Waals surface area contributed by atoms with Crippen LogP contribution in [0.1, 0.15) is 0 Å². The zero-order valence-electron chi connectivity index (χ0n) is 4.37. The van der Waals surface area contributed by atoms with Gasteiger partial charge in [0.25, 0.3) is 0 Å². The monoisotopic (exact) mass is 139 g/mol. The maximum absolute atomic E-state index is 8.69. The van der Waals surface area contributed by atoms with Crippen LogP contribution in [0.3, 0.4) is 0 Å². The number of rotatable bonds is 0. The van der Waals surface area contributed by atoms with Gasteiger partial charge < -0.3 is 15.5 Å². The molecule has 3 N–H and O–H groups in total. The standard InChI is InChI=1S/C4H9NO2.ClH/c6-3-1-5-2-4(3)7;/h3-7H,1-2H2;1H/t3-,4+;. The van der Waals surface area contributed by atoms with Gasteiger partial charge in [0.1, 0.15) is 0 Å². The van der Waals surface area contributed by atoms with Crippen LogP contribution >= 0.6 is 12.4 Å². The molecule has 0 amide bonds. The Labute approximate surface area is 54.1 Å². The minimum absolute atomic E-state index is 0. The van der Waals surface area contributed by atoms with Crippen LogP contribution in [0, 0.1) is 0 Å². The van der Waals surface area contributed by atoms with E-state index in [9.17, 15) is 0 Å². The van der Waals surface area contributed by atoms with Crippen molar-refractivity contribution in [1.82, 2.24) is 5.32 Å². The molecule has 0 aromatic carbocycles. The molecular weight excluding hydrogens is 130 g/mol. The van der Waals surface area contributed by atoms with Gasteiger partial charge >= 0.3 is 0 Å². The minimum atomic E-state index is -0.542. The van der Waals surface area contributed by atoms with E-state index in [-0.39, 0.29) is 12.4 Å². The fourth-order valence-corrected chi connectivity index (χ4v) is 0.651. The SMILES string of the molecule is Cl.O[C@@H]1CNC[C@@H]1O. The molecule has 1 aliphatic heterocycles. The molecule has 1 fully saturated rings. The fourth-order valence-electron chi connectivity index (χ4n) is 0.651. The Morgan fingerprint density at radius 2 is 1.50 bits per heavy atom. The third-order valence-corrected chi connectivity index (χ3v) is 1.15. The van der Waals surface area contributed by atoms with E-state index >= 15 is 0 Å². The smallest absolute Gasteiger partial charge is 0.0935 e. The fraction of sp³-hybridized carbons (Fsp3) is 1.00. The molecule has 1 aliphatic rings. The van der Waals surface area contributed by atoms with Crippen LogP contribution in [0.25, 0.3) is 0 Å². The van der Waals surface area contributed by atoms with E-state index in [4.69, 9.17) is 10.2 Å². The molecule has 0 saturated carbocycles. The summed E-state index contributed by atoms with van der Waals surface area (Å²) in [5.74, 6) is 0. The van der Waals surface area contributed by atoms with Crippen LogP contribution in [0.5, 0.6) is 0 Å². The molecular formula is C4H10ClNO2. The van der Waals surface area contributed by atoms with Crippen molar-refractivity contribution in [3.05, 3.63) is 0 Å². The average molecular weight is 140 g/mol. The van der Waals surface area contributed by atoms with Gasteiger partial charge in [0.15, 0.2) is 0 Å². The van der Waals surface area contributed by atoms with Gasteiger partial charge in [0.2, 0.25) is 0 Å². The molecule has 0 unspecified atom stereocenters. The number of halogens is 1. The molecule has 0 aromatic heterocycles. The van der Waals surface area contributed by atoms with Gasteiger partial charge in [-0.3, -0.25) is 0 Å². The molecule has 4 heteroatoms. The van der Waals surface area contributed by atoms with Crippen molar-refractivity contribution < 1.29 is 10.2 Å². The van der Waals surface area contributed by atoms with Crippen molar-refractivity contribution in [3.63, 3.8) is 0 Å². The van der Waals surface area contributed by atoms with E-state index in [0.29, 0.717) is 13.1 Å². The Hall–Kier alpha value is 0.170. The Balaban J connectivity index is 0.000000490. The topological polar surface area (TPSA) is 52.5 Å². The lowest BCUT2D eigenvalue weighted by atomic mass is 10.3. The summed E-state index contributed by atoms with van der Waals surface area (Å²) in [6, 6.07) is 0. The quantitative estimate of drug-likeness (QED) is 0.393. The van der Waals surface area contributed by atoms with Gasteiger partial charge in [0, 0.05) is 13.1 Å². The molecule has 50 valence electrons. The van der Waals surface area contributed by atoms with Crippen LogP contribution in [0.2, 0.25) is 0 Å². The van der Waals surface area contributed by atoms with Gasteiger partial charge in [-0.2, -0.15) is 0 Å². The summed E-state index contributed by atoms with van der Waals surface area (Å²) in [5.41, 5.74) is 0. The van der Waals surface area contributed by atoms with Crippen molar-refractivity contribution in [2.45, 2.75) is 12.2 Å². The highest BCUT2D eigenvalue weighted by atomic mass is 35.5. The number of hydrogen-bond donors (Lipinski definition) is 3. The predicted molar refractivity (Wildman–Crippen MR) is 32.1 cm³/mol. The van der Waals surface area contributed by atoms with Gasteiger partial charge in [0.05, 0.1) is 12.2 Å². The van der Waals surface area contributed by atoms with Crippen molar-refractivity contribution >= 4 is 12.4 Å². The second kappa shape index (κ2) is 3.25. The van der Waals surface area contributed by atoms with Gasteiger partial charge in [-0.05, 0) is 0 Å². The van der Waals surface area contributed by atoms with E-state index < -0.39 is 12.2 Å².